The molecule has 0 fully saturated rings. The van der Waals surface area contributed by atoms with Gasteiger partial charge in [-0.15, -0.1) is 0 Å². The van der Waals surface area contributed by atoms with Gasteiger partial charge in [-0.3, -0.25) is 14.6 Å². The molecule has 1 aliphatic heterocycles. The molecule has 1 aliphatic rings. The zero-order chi connectivity index (χ0) is 16.9. The predicted molar refractivity (Wildman–Crippen MR) is 89.9 cm³/mol. The van der Waals surface area contributed by atoms with Crippen molar-refractivity contribution in [3.05, 3.63) is 71.3 Å². The van der Waals surface area contributed by atoms with E-state index in [2.05, 4.69) is 5.43 Å². The lowest BCUT2D eigenvalue weighted by molar-refractivity contribution is -0.117. The Kier molecular flexibility index (Phi) is 5.03. The van der Waals surface area contributed by atoms with E-state index in [1.54, 1.807) is 6.07 Å². The number of rotatable bonds is 6. The van der Waals surface area contributed by atoms with Crippen LogP contribution in [0.25, 0.3) is 0 Å². The topological polar surface area (TPSA) is 58.6 Å². The third-order valence-electron chi connectivity index (χ3n) is 3.94. The fourth-order valence-corrected chi connectivity index (χ4v) is 2.65. The molecule has 1 atom stereocenters. The molecule has 0 aromatic heterocycles. The largest absolute Gasteiger partial charge is 0.353 e. The van der Waals surface area contributed by atoms with Gasteiger partial charge in [0.25, 0.3) is 5.91 Å². The van der Waals surface area contributed by atoms with Crippen LogP contribution in [-0.4, -0.2) is 23.2 Å². The average molecular weight is 324 g/mol. The first-order valence-corrected chi connectivity index (χ1v) is 7.97. The van der Waals surface area contributed by atoms with E-state index in [1.165, 1.54) is 11.9 Å². The molecular weight excluding hydrogens is 304 g/mol. The molecule has 3 rings (SSSR count). The lowest BCUT2D eigenvalue weighted by Crippen LogP contribution is -2.50. The Bertz CT molecular complexity index is 730. The third-order valence-corrected chi connectivity index (χ3v) is 3.94. The molecule has 5 nitrogen and oxygen atoms in total. The molecule has 1 heterocycles. The van der Waals surface area contributed by atoms with Gasteiger partial charge in [0.05, 0.1) is 6.61 Å². The lowest BCUT2D eigenvalue weighted by Gasteiger charge is -2.35. The average Bonchev–Trinajstić information content (AvgIpc) is 2.61. The van der Waals surface area contributed by atoms with E-state index in [1.807, 2.05) is 48.5 Å². The SMILES string of the molecule is CC(=O)CCN1NC(OCc2ccccc2)c2ccccc2C1=O. The second-order valence-electron chi connectivity index (χ2n) is 5.80. The number of carbonyl (C=O) groups excluding carboxylic acids is 2. The number of Topliss-reactive ketones (excluding diaryl/α,β-unsaturated/α-hetero) is 1. The van der Waals surface area contributed by atoms with Crippen molar-refractivity contribution in [2.75, 3.05) is 6.54 Å². The van der Waals surface area contributed by atoms with Gasteiger partial charge in [-0.05, 0) is 18.6 Å². The fourth-order valence-electron chi connectivity index (χ4n) is 2.65. The van der Waals surface area contributed by atoms with Crippen molar-refractivity contribution in [1.29, 1.82) is 0 Å². The highest BCUT2D eigenvalue weighted by molar-refractivity contribution is 5.96. The lowest BCUT2D eigenvalue weighted by atomic mass is 10.0. The van der Waals surface area contributed by atoms with Crippen molar-refractivity contribution in [3.8, 4) is 0 Å². The summed E-state index contributed by atoms with van der Waals surface area (Å²) in [5.74, 6) is -0.0865. The molecule has 2 aromatic rings. The van der Waals surface area contributed by atoms with Crippen LogP contribution in [0.4, 0.5) is 0 Å². The maximum Gasteiger partial charge on any atom is 0.268 e. The quantitative estimate of drug-likeness (QED) is 0.888. The Balaban J connectivity index is 1.78. The maximum atomic E-state index is 12.5. The van der Waals surface area contributed by atoms with Crippen LogP contribution in [0.1, 0.15) is 41.1 Å². The monoisotopic (exact) mass is 324 g/mol. The Morgan fingerprint density at radius 2 is 1.83 bits per heavy atom. The third kappa shape index (κ3) is 3.69. The van der Waals surface area contributed by atoms with Crippen molar-refractivity contribution in [2.45, 2.75) is 26.2 Å². The van der Waals surface area contributed by atoms with Gasteiger partial charge >= 0.3 is 0 Å². The maximum absolute atomic E-state index is 12.5. The Labute approximate surface area is 141 Å². The zero-order valence-electron chi connectivity index (χ0n) is 13.6. The second-order valence-corrected chi connectivity index (χ2v) is 5.80. The van der Waals surface area contributed by atoms with E-state index < -0.39 is 6.23 Å². The summed E-state index contributed by atoms with van der Waals surface area (Å²) in [6.07, 6.45) is -0.113. The highest BCUT2D eigenvalue weighted by Gasteiger charge is 2.31. The van der Waals surface area contributed by atoms with Gasteiger partial charge in [-0.2, -0.15) is 5.43 Å². The molecule has 0 saturated carbocycles. The second kappa shape index (κ2) is 7.38. The number of nitrogens with zero attached hydrogens (tertiary/aromatic N) is 1. The van der Waals surface area contributed by atoms with Gasteiger partial charge in [0.15, 0.2) is 6.23 Å². The van der Waals surface area contributed by atoms with Crippen molar-refractivity contribution in [3.63, 3.8) is 0 Å². The van der Waals surface area contributed by atoms with E-state index in [0.29, 0.717) is 25.1 Å². The van der Waals surface area contributed by atoms with Crippen LogP contribution in [0, 0.1) is 0 Å². The molecule has 124 valence electrons. The molecule has 1 unspecified atom stereocenters. The number of hydrogen-bond acceptors (Lipinski definition) is 4. The number of benzene rings is 2. The summed E-state index contributed by atoms with van der Waals surface area (Å²) < 4.78 is 5.99. The van der Waals surface area contributed by atoms with Crippen LogP contribution in [-0.2, 0) is 16.1 Å². The van der Waals surface area contributed by atoms with Gasteiger partial charge in [-0.25, -0.2) is 0 Å². The van der Waals surface area contributed by atoms with Crippen molar-refractivity contribution in [1.82, 2.24) is 10.4 Å². The van der Waals surface area contributed by atoms with E-state index in [9.17, 15) is 9.59 Å². The molecule has 0 saturated heterocycles. The Hall–Kier alpha value is -2.50. The van der Waals surface area contributed by atoms with Crippen LogP contribution in [0.2, 0.25) is 0 Å². The van der Waals surface area contributed by atoms with Crippen LogP contribution in [0.3, 0.4) is 0 Å². The zero-order valence-corrected chi connectivity index (χ0v) is 13.6. The number of ether oxygens (including phenoxy) is 1. The van der Waals surface area contributed by atoms with Crippen molar-refractivity contribution in [2.24, 2.45) is 0 Å². The van der Waals surface area contributed by atoms with Crippen LogP contribution in [0.15, 0.2) is 54.6 Å². The molecular formula is C19H20N2O3. The van der Waals surface area contributed by atoms with Crippen LogP contribution < -0.4 is 5.43 Å². The van der Waals surface area contributed by atoms with E-state index in [-0.39, 0.29) is 11.7 Å². The molecule has 1 N–H and O–H groups in total. The Morgan fingerprint density at radius 1 is 1.12 bits per heavy atom. The molecule has 0 spiro atoms. The highest BCUT2D eigenvalue weighted by atomic mass is 16.5. The molecule has 0 bridgehead atoms. The first-order valence-electron chi connectivity index (χ1n) is 7.97. The highest BCUT2D eigenvalue weighted by Crippen LogP contribution is 2.26. The summed E-state index contributed by atoms with van der Waals surface area (Å²) in [6.45, 7) is 2.28. The normalized spacial score (nSPS) is 16.8. The molecule has 1 amide bonds. The number of carbonyl (C=O) groups is 2. The summed E-state index contributed by atoms with van der Waals surface area (Å²) in [7, 11) is 0. The van der Waals surface area contributed by atoms with Gasteiger partial charge < -0.3 is 4.74 Å². The minimum absolute atomic E-state index is 0.0465. The first-order chi connectivity index (χ1) is 11.6. The smallest absolute Gasteiger partial charge is 0.268 e. The van der Waals surface area contributed by atoms with Gasteiger partial charge in [0.1, 0.15) is 5.78 Å². The molecule has 5 heteroatoms. The number of hydrogen-bond donors (Lipinski definition) is 1. The number of ketones is 1. The fraction of sp³-hybridized carbons (Fsp3) is 0.263. The van der Waals surface area contributed by atoms with Gasteiger partial charge in [0.2, 0.25) is 0 Å². The minimum atomic E-state index is -0.425. The summed E-state index contributed by atoms with van der Waals surface area (Å²) in [4.78, 5) is 23.8. The van der Waals surface area contributed by atoms with Crippen molar-refractivity contribution >= 4 is 11.7 Å². The van der Waals surface area contributed by atoms with E-state index in [4.69, 9.17) is 4.74 Å². The van der Waals surface area contributed by atoms with E-state index >= 15 is 0 Å². The standard InChI is InChI=1S/C19H20N2O3/c1-14(22)11-12-21-19(23)17-10-6-5-9-16(17)18(20-21)24-13-15-7-3-2-4-8-15/h2-10,18,20H,11-13H2,1H3. The summed E-state index contributed by atoms with van der Waals surface area (Å²) in [5.41, 5.74) is 5.58. The molecule has 0 radical (unpaired) electrons. The van der Waals surface area contributed by atoms with Gasteiger partial charge in [-0.1, -0.05) is 48.5 Å². The molecule has 0 aliphatic carbocycles. The number of amides is 1. The van der Waals surface area contributed by atoms with E-state index in [0.717, 1.165) is 11.1 Å². The molecule has 24 heavy (non-hydrogen) atoms. The van der Waals surface area contributed by atoms with Crippen LogP contribution >= 0.6 is 0 Å². The Morgan fingerprint density at radius 3 is 2.58 bits per heavy atom. The van der Waals surface area contributed by atoms with Crippen molar-refractivity contribution < 1.29 is 14.3 Å². The first kappa shape index (κ1) is 16.4. The summed E-state index contributed by atoms with van der Waals surface area (Å²) in [6, 6.07) is 17.3. The number of fused-ring (bicyclic) bond motifs is 1. The minimum Gasteiger partial charge on any atom is -0.353 e. The summed E-state index contributed by atoms with van der Waals surface area (Å²) >= 11 is 0. The molecule has 2 aromatic carbocycles. The summed E-state index contributed by atoms with van der Waals surface area (Å²) in [5, 5.41) is 1.47. The number of hydrazine groups is 1. The van der Waals surface area contributed by atoms with Crippen LogP contribution in [0.5, 0.6) is 0 Å². The van der Waals surface area contributed by atoms with Gasteiger partial charge in [0, 0.05) is 24.1 Å². The number of nitrogens with one attached hydrogen (secondary N) is 1. The predicted octanol–water partition coefficient (Wildman–Crippen LogP) is 2.84.